The van der Waals surface area contributed by atoms with Crippen molar-refractivity contribution in [3.05, 3.63) is 0 Å². The lowest BCUT2D eigenvalue weighted by atomic mass is 9.49. The van der Waals surface area contributed by atoms with E-state index in [0.717, 1.165) is 19.3 Å². The molecule has 2 amide bonds. The number of carbonyl (C=O) groups is 4. The first-order chi connectivity index (χ1) is 17.2. The fourth-order valence-electron chi connectivity index (χ4n) is 9.17. The van der Waals surface area contributed by atoms with Gasteiger partial charge in [0.25, 0.3) is 0 Å². The summed E-state index contributed by atoms with van der Waals surface area (Å²) in [7, 11) is -5.82. The number of amides is 2. The second-order valence-electron chi connectivity index (χ2n) is 12.1. The second kappa shape index (κ2) is 7.93. The number of esters is 2. The number of fused-ring (bicyclic) bond motifs is 1. The second-order valence-corrected chi connectivity index (χ2v) is 13.7. The van der Waals surface area contributed by atoms with Crippen molar-refractivity contribution in [3.63, 3.8) is 0 Å². The van der Waals surface area contributed by atoms with Gasteiger partial charge < -0.3 is 9.47 Å². The Labute approximate surface area is 212 Å². The van der Waals surface area contributed by atoms with E-state index in [1.807, 2.05) is 0 Å². The van der Waals surface area contributed by atoms with Crippen LogP contribution in [0.3, 0.4) is 0 Å². The number of likely N-dealkylation sites (tertiary alicyclic amines) is 1. The fourth-order valence-corrected chi connectivity index (χ4v) is 9.38. The first kappa shape index (κ1) is 25.1. The van der Waals surface area contributed by atoms with Gasteiger partial charge in [0.15, 0.2) is 6.61 Å². The summed E-state index contributed by atoms with van der Waals surface area (Å²) in [5.74, 6) is -4.97. The summed E-state index contributed by atoms with van der Waals surface area (Å²) < 4.78 is 68.0. The number of alkyl halides is 2. The van der Waals surface area contributed by atoms with Gasteiger partial charge in [-0.3, -0.25) is 28.6 Å². The number of imide groups is 1. The maximum absolute atomic E-state index is 14.1. The maximum atomic E-state index is 14.1. The number of halogens is 2. The van der Waals surface area contributed by atoms with Gasteiger partial charge in [0.05, 0.1) is 23.3 Å². The van der Waals surface area contributed by atoms with Crippen LogP contribution in [0.5, 0.6) is 0 Å². The molecule has 6 unspecified atom stereocenters. The molecular weight excluding hydrogens is 516 g/mol. The summed E-state index contributed by atoms with van der Waals surface area (Å²) in [5.41, 5.74) is -0.652. The van der Waals surface area contributed by atoms with Crippen molar-refractivity contribution in [2.75, 3.05) is 6.61 Å². The molecule has 1 heterocycles. The van der Waals surface area contributed by atoms with Crippen LogP contribution in [0, 0.1) is 46.8 Å². The first-order valence-electron chi connectivity index (χ1n) is 12.8. The molecule has 0 aromatic heterocycles. The molecule has 7 rings (SSSR count). The minimum absolute atomic E-state index is 0.262. The quantitative estimate of drug-likeness (QED) is 0.300. The van der Waals surface area contributed by atoms with Crippen LogP contribution in [0.4, 0.5) is 8.78 Å². The molecule has 0 aromatic rings. The summed E-state index contributed by atoms with van der Waals surface area (Å²) in [6.45, 7) is -0.747. The molecule has 6 bridgehead atoms. The summed E-state index contributed by atoms with van der Waals surface area (Å²) in [6, 6.07) is -0.727. The molecule has 37 heavy (non-hydrogen) atoms. The number of ether oxygens (including phenoxy) is 2. The highest BCUT2D eigenvalue weighted by Gasteiger charge is 2.73. The third kappa shape index (κ3) is 3.59. The molecule has 0 spiro atoms. The van der Waals surface area contributed by atoms with E-state index in [-0.39, 0.29) is 12.3 Å². The Morgan fingerprint density at radius 1 is 1.05 bits per heavy atom. The van der Waals surface area contributed by atoms with Crippen LogP contribution >= 0.6 is 0 Å². The van der Waals surface area contributed by atoms with Gasteiger partial charge in [-0.2, -0.15) is 17.2 Å². The molecule has 1 aliphatic heterocycles. The van der Waals surface area contributed by atoms with Gasteiger partial charge in [-0.1, -0.05) is 0 Å². The Hall–Kier alpha value is -2.15. The zero-order valence-electron chi connectivity index (χ0n) is 20.2. The SMILES string of the molecule is CC(=O)OC1C2CC3C(C(=O)N(C(=O)C45CC6CC(CC(C6)C4)C5)C31)C2C(=O)OCC(F)(F)S(=O)(=O)O. The predicted molar refractivity (Wildman–Crippen MR) is 118 cm³/mol. The van der Waals surface area contributed by atoms with Gasteiger partial charge in [0.2, 0.25) is 11.8 Å². The maximum Gasteiger partial charge on any atom is 0.402 e. The smallest absolute Gasteiger partial charge is 0.402 e. The first-order valence-corrected chi connectivity index (χ1v) is 14.2. The van der Waals surface area contributed by atoms with Gasteiger partial charge in [0, 0.05) is 12.8 Å². The Kier molecular flexibility index (Phi) is 5.39. The molecule has 13 heteroatoms. The summed E-state index contributed by atoms with van der Waals surface area (Å²) in [5, 5.41) is -4.72. The molecule has 0 aromatic carbocycles. The van der Waals surface area contributed by atoms with Crippen LogP contribution in [0.15, 0.2) is 0 Å². The zero-order valence-corrected chi connectivity index (χ0v) is 21.0. The number of hydrogen-bond acceptors (Lipinski definition) is 8. The summed E-state index contributed by atoms with van der Waals surface area (Å²) >= 11 is 0. The molecule has 0 radical (unpaired) electrons. The van der Waals surface area contributed by atoms with Crippen molar-refractivity contribution in [1.29, 1.82) is 0 Å². The van der Waals surface area contributed by atoms with Crippen LogP contribution in [-0.2, 0) is 38.8 Å². The molecule has 7 fully saturated rings. The van der Waals surface area contributed by atoms with Crippen LogP contribution in [0.1, 0.15) is 51.9 Å². The Morgan fingerprint density at radius 2 is 1.62 bits per heavy atom. The Bertz CT molecular complexity index is 1150. The molecule has 6 saturated carbocycles. The average molecular weight is 546 g/mol. The van der Waals surface area contributed by atoms with Crippen LogP contribution in [0.2, 0.25) is 0 Å². The minimum Gasteiger partial charge on any atom is -0.460 e. The Balaban J connectivity index is 1.29. The Morgan fingerprint density at radius 3 is 2.14 bits per heavy atom. The molecule has 10 nitrogen and oxygen atoms in total. The zero-order chi connectivity index (χ0) is 26.7. The highest BCUT2D eigenvalue weighted by molar-refractivity contribution is 7.86. The van der Waals surface area contributed by atoms with Crippen molar-refractivity contribution < 1.29 is 50.4 Å². The lowest BCUT2D eigenvalue weighted by Gasteiger charge is -2.56. The van der Waals surface area contributed by atoms with Crippen LogP contribution in [-0.4, -0.2) is 65.6 Å². The normalized spacial score (nSPS) is 43.4. The van der Waals surface area contributed by atoms with E-state index in [0.29, 0.717) is 37.0 Å². The molecule has 1 N–H and O–H groups in total. The number of nitrogens with zero attached hydrogens (tertiary/aromatic N) is 1. The molecule has 6 aliphatic carbocycles. The van der Waals surface area contributed by atoms with E-state index in [4.69, 9.17) is 9.29 Å². The van der Waals surface area contributed by atoms with Crippen molar-refractivity contribution >= 4 is 33.9 Å². The van der Waals surface area contributed by atoms with E-state index in [2.05, 4.69) is 4.74 Å². The highest BCUT2D eigenvalue weighted by Crippen LogP contribution is 2.64. The molecule has 1 saturated heterocycles. The van der Waals surface area contributed by atoms with E-state index in [1.165, 1.54) is 11.8 Å². The van der Waals surface area contributed by atoms with E-state index < -0.39 is 81.1 Å². The van der Waals surface area contributed by atoms with Crippen LogP contribution < -0.4 is 0 Å². The molecule has 7 aliphatic rings. The van der Waals surface area contributed by atoms with Crippen molar-refractivity contribution in [2.24, 2.45) is 46.8 Å². The van der Waals surface area contributed by atoms with Crippen molar-refractivity contribution in [2.45, 2.75) is 69.3 Å². The van der Waals surface area contributed by atoms with Crippen molar-refractivity contribution in [1.82, 2.24) is 4.90 Å². The standard InChI is InChI=1S/C24H29F2NO9S/c1-10(28)36-19-15-5-14-16(17(15)21(30)35-9-24(25,26)37(32,33)34)20(29)27(18(14)19)22(31)23-6-11-2-12(7-23)4-13(3-11)8-23/h11-19H,2-9H2,1H3,(H,32,33,34). The third-order valence-electron chi connectivity index (χ3n) is 9.92. The fraction of sp³-hybridized carbons (Fsp3) is 0.833. The molecular formula is C24H29F2NO9S. The summed E-state index contributed by atoms with van der Waals surface area (Å²) in [4.78, 5) is 54.0. The largest absolute Gasteiger partial charge is 0.460 e. The lowest BCUT2D eigenvalue weighted by Crippen LogP contribution is -2.58. The van der Waals surface area contributed by atoms with Crippen LogP contribution in [0.25, 0.3) is 0 Å². The lowest BCUT2D eigenvalue weighted by molar-refractivity contribution is -0.169. The minimum atomic E-state index is -5.82. The number of hydrogen-bond donors (Lipinski definition) is 1. The van der Waals surface area contributed by atoms with Gasteiger partial charge in [0.1, 0.15) is 6.10 Å². The van der Waals surface area contributed by atoms with E-state index >= 15 is 0 Å². The average Bonchev–Trinajstić information content (AvgIpc) is 3.38. The van der Waals surface area contributed by atoms with Gasteiger partial charge in [-0.25, -0.2) is 0 Å². The highest BCUT2D eigenvalue weighted by atomic mass is 32.2. The predicted octanol–water partition coefficient (Wildman–Crippen LogP) is 1.78. The van der Waals surface area contributed by atoms with E-state index in [1.54, 1.807) is 0 Å². The molecule has 6 atom stereocenters. The summed E-state index contributed by atoms with van der Waals surface area (Å²) in [6.07, 6.45) is 4.69. The van der Waals surface area contributed by atoms with Gasteiger partial charge >= 0.3 is 27.3 Å². The monoisotopic (exact) mass is 545 g/mol. The third-order valence-corrected chi connectivity index (χ3v) is 10.8. The molecule has 204 valence electrons. The topological polar surface area (TPSA) is 144 Å². The van der Waals surface area contributed by atoms with Gasteiger partial charge in [-0.15, -0.1) is 0 Å². The van der Waals surface area contributed by atoms with E-state index in [9.17, 15) is 36.4 Å². The van der Waals surface area contributed by atoms with Gasteiger partial charge in [-0.05, 0) is 68.6 Å². The number of rotatable bonds is 6. The number of carbonyl (C=O) groups excluding carboxylic acids is 4. The van der Waals surface area contributed by atoms with Crippen molar-refractivity contribution in [3.8, 4) is 0 Å².